The highest BCUT2D eigenvalue weighted by molar-refractivity contribution is 6.05. The van der Waals surface area contributed by atoms with Crippen molar-refractivity contribution in [1.82, 2.24) is 4.90 Å². The van der Waals surface area contributed by atoms with Crippen LogP contribution in [0.25, 0.3) is 0 Å². The first kappa shape index (κ1) is 22.8. The van der Waals surface area contributed by atoms with E-state index in [0.29, 0.717) is 47.2 Å². The SMILES string of the molecule is CCOc1ccccc1NC(=O)[C@H]1c2cc(OC)c(OC)cc2C(=O)N2CCc3ccccc3[C@@H]12. The third-order valence-corrected chi connectivity index (χ3v) is 6.76. The maximum absolute atomic E-state index is 14.0. The Hall–Kier alpha value is -4.00. The molecular weight excluding hydrogens is 444 g/mol. The molecule has 0 fully saturated rings. The summed E-state index contributed by atoms with van der Waals surface area (Å²) < 4.78 is 16.7. The lowest BCUT2D eigenvalue weighted by molar-refractivity contribution is -0.119. The number of carbonyl (C=O) groups excluding carboxylic acids is 2. The molecule has 2 heterocycles. The van der Waals surface area contributed by atoms with Crippen molar-refractivity contribution in [2.45, 2.75) is 25.3 Å². The van der Waals surface area contributed by atoms with Crippen LogP contribution >= 0.6 is 0 Å². The van der Waals surface area contributed by atoms with Crippen LogP contribution in [0.1, 0.15) is 45.9 Å². The van der Waals surface area contributed by atoms with E-state index in [0.717, 1.165) is 17.5 Å². The van der Waals surface area contributed by atoms with Crippen molar-refractivity contribution in [2.75, 3.05) is 32.7 Å². The molecule has 0 bridgehead atoms. The fourth-order valence-electron chi connectivity index (χ4n) is 5.19. The van der Waals surface area contributed by atoms with Gasteiger partial charge in [-0.15, -0.1) is 0 Å². The Morgan fingerprint density at radius 1 is 0.971 bits per heavy atom. The van der Waals surface area contributed by atoms with Gasteiger partial charge >= 0.3 is 0 Å². The zero-order chi connectivity index (χ0) is 24.5. The second-order valence-electron chi connectivity index (χ2n) is 8.58. The molecule has 7 heteroatoms. The summed E-state index contributed by atoms with van der Waals surface area (Å²) in [5, 5.41) is 3.08. The molecule has 0 radical (unpaired) electrons. The molecule has 0 aromatic heterocycles. The van der Waals surface area contributed by atoms with Crippen LogP contribution in [0.5, 0.6) is 17.2 Å². The van der Waals surface area contributed by atoms with E-state index in [1.807, 2.05) is 54.3 Å². The van der Waals surface area contributed by atoms with Crippen molar-refractivity contribution in [1.29, 1.82) is 0 Å². The number of rotatable bonds is 6. The average molecular weight is 473 g/mol. The van der Waals surface area contributed by atoms with E-state index in [4.69, 9.17) is 14.2 Å². The van der Waals surface area contributed by atoms with E-state index in [9.17, 15) is 9.59 Å². The molecule has 180 valence electrons. The minimum atomic E-state index is -0.654. The molecule has 3 aromatic rings. The van der Waals surface area contributed by atoms with Crippen LogP contribution in [0.3, 0.4) is 0 Å². The molecule has 2 aliphatic heterocycles. The molecule has 35 heavy (non-hydrogen) atoms. The number of amides is 2. The molecule has 5 rings (SSSR count). The summed E-state index contributed by atoms with van der Waals surface area (Å²) in [5.41, 5.74) is 3.81. The molecule has 3 aromatic carbocycles. The quantitative estimate of drug-likeness (QED) is 0.568. The highest BCUT2D eigenvalue weighted by atomic mass is 16.5. The third kappa shape index (κ3) is 3.87. The van der Waals surface area contributed by atoms with Crippen molar-refractivity contribution in [2.24, 2.45) is 0 Å². The zero-order valence-electron chi connectivity index (χ0n) is 20.0. The summed E-state index contributed by atoms with van der Waals surface area (Å²) in [4.78, 5) is 29.5. The number of hydrogen-bond donors (Lipinski definition) is 1. The first-order valence-electron chi connectivity index (χ1n) is 11.7. The van der Waals surface area contributed by atoms with Gasteiger partial charge in [-0.3, -0.25) is 9.59 Å². The molecule has 7 nitrogen and oxygen atoms in total. The van der Waals surface area contributed by atoms with E-state index in [-0.39, 0.29) is 11.8 Å². The number of benzene rings is 3. The summed E-state index contributed by atoms with van der Waals surface area (Å²) >= 11 is 0. The molecule has 0 aliphatic carbocycles. The van der Waals surface area contributed by atoms with Crippen LogP contribution in [0.4, 0.5) is 5.69 Å². The highest BCUT2D eigenvalue weighted by Crippen LogP contribution is 2.48. The zero-order valence-corrected chi connectivity index (χ0v) is 20.0. The Labute approximate surface area is 204 Å². The number of anilines is 1. The smallest absolute Gasteiger partial charge is 0.254 e. The number of methoxy groups -OCH3 is 2. The van der Waals surface area contributed by atoms with Gasteiger partial charge in [-0.2, -0.15) is 0 Å². The van der Waals surface area contributed by atoms with Crippen molar-refractivity contribution in [3.63, 3.8) is 0 Å². The van der Waals surface area contributed by atoms with Crippen molar-refractivity contribution >= 4 is 17.5 Å². The second-order valence-corrected chi connectivity index (χ2v) is 8.58. The molecule has 0 saturated heterocycles. The highest BCUT2D eigenvalue weighted by Gasteiger charge is 2.47. The standard InChI is InChI=1S/C28H28N2O5/c1-4-35-22-12-8-7-11-21(22)29-27(31)25-19-15-23(33-2)24(34-3)16-20(19)28(32)30-14-13-17-9-5-6-10-18(17)26(25)30/h5-12,15-16,25-26H,4,13-14H2,1-3H3,(H,29,31)/t25-,26-/m0/s1. The maximum Gasteiger partial charge on any atom is 0.254 e. The number of carbonyl (C=O) groups is 2. The van der Waals surface area contributed by atoms with Crippen LogP contribution in [0.15, 0.2) is 60.7 Å². The third-order valence-electron chi connectivity index (χ3n) is 6.76. The lowest BCUT2D eigenvalue weighted by Crippen LogP contribution is -2.49. The molecular formula is C28H28N2O5. The van der Waals surface area contributed by atoms with Gasteiger partial charge in [0.05, 0.1) is 38.5 Å². The van der Waals surface area contributed by atoms with Gasteiger partial charge in [0.1, 0.15) is 5.75 Å². The number of nitrogens with zero attached hydrogens (tertiary/aromatic N) is 1. The van der Waals surface area contributed by atoms with Gasteiger partial charge in [-0.05, 0) is 54.3 Å². The fraction of sp³-hybridized carbons (Fsp3) is 0.286. The molecule has 2 amide bonds. The minimum Gasteiger partial charge on any atom is -0.493 e. The Bertz CT molecular complexity index is 1290. The van der Waals surface area contributed by atoms with Gasteiger partial charge in [0.25, 0.3) is 5.91 Å². The maximum atomic E-state index is 14.0. The van der Waals surface area contributed by atoms with Crippen LogP contribution < -0.4 is 19.5 Å². The van der Waals surface area contributed by atoms with Crippen molar-refractivity contribution in [3.05, 3.63) is 82.9 Å². The van der Waals surface area contributed by atoms with Crippen LogP contribution in [-0.2, 0) is 11.2 Å². The van der Waals surface area contributed by atoms with Crippen LogP contribution in [0.2, 0.25) is 0 Å². The van der Waals surface area contributed by atoms with Crippen molar-refractivity contribution in [3.8, 4) is 17.2 Å². The molecule has 0 unspecified atom stereocenters. The predicted octanol–water partition coefficient (Wildman–Crippen LogP) is 4.58. The normalized spacial score (nSPS) is 18.1. The predicted molar refractivity (Wildman–Crippen MR) is 132 cm³/mol. The van der Waals surface area contributed by atoms with Gasteiger partial charge in [0.15, 0.2) is 11.5 Å². The minimum absolute atomic E-state index is 0.112. The van der Waals surface area contributed by atoms with Crippen LogP contribution in [-0.4, -0.2) is 44.1 Å². The van der Waals surface area contributed by atoms with Gasteiger partial charge in [-0.1, -0.05) is 36.4 Å². The molecule has 2 atom stereocenters. The Balaban J connectivity index is 1.67. The average Bonchev–Trinajstić information content (AvgIpc) is 2.89. The van der Waals surface area contributed by atoms with Gasteiger partial charge in [0.2, 0.25) is 5.91 Å². The van der Waals surface area contributed by atoms with Gasteiger partial charge in [-0.25, -0.2) is 0 Å². The van der Waals surface area contributed by atoms with Crippen molar-refractivity contribution < 1.29 is 23.8 Å². The van der Waals surface area contributed by atoms with Gasteiger partial charge < -0.3 is 24.4 Å². The van der Waals surface area contributed by atoms with E-state index < -0.39 is 12.0 Å². The largest absolute Gasteiger partial charge is 0.493 e. The van der Waals surface area contributed by atoms with E-state index in [1.165, 1.54) is 7.11 Å². The van der Waals surface area contributed by atoms with E-state index in [2.05, 4.69) is 11.4 Å². The fourth-order valence-corrected chi connectivity index (χ4v) is 5.19. The Morgan fingerprint density at radius 2 is 1.69 bits per heavy atom. The Kier molecular flexibility index (Phi) is 6.07. The monoisotopic (exact) mass is 472 g/mol. The number of hydrogen-bond acceptors (Lipinski definition) is 5. The van der Waals surface area contributed by atoms with E-state index in [1.54, 1.807) is 19.2 Å². The Morgan fingerprint density at radius 3 is 2.46 bits per heavy atom. The number of fused-ring (bicyclic) bond motifs is 4. The molecule has 0 spiro atoms. The van der Waals surface area contributed by atoms with E-state index >= 15 is 0 Å². The topological polar surface area (TPSA) is 77.1 Å². The second kappa shape index (κ2) is 9.33. The van der Waals surface area contributed by atoms with Crippen LogP contribution in [0, 0.1) is 0 Å². The first-order valence-corrected chi connectivity index (χ1v) is 11.7. The summed E-state index contributed by atoms with van der Waals surface area (Å²) in [6.07, 6.45) is 0.739. The molecule has 0 saturated carbocycles. The lowest BCUT2D eigenvalue weighted by atomic mass is 9.75. The lowest BCUT2D eigenvalue weighted by Gasteiger charge is -2.45. The van der Waals surface area contributed by atoms with Gasteiger partial charge in [0, 0.05) is 12.1 Å². The summed E-state index contributed by atoms with van der Waals surface area (Å²) in [5.74, 6) is 0.548. The number of ether oxygens (including phenoxy) is 3. The number of nitrogens with one attached hydrogen (secondary N) is 1. The summed E-state index contributed by atoms with van der Waals surface area (Å²) in [6.45, 7) is 2.92. The first-order chi connectivity index (χ1) is 17.1. The number of para-hydroxylation sites is 2. The molecule has 2 aliphatic rings. The molecule has 1 N–H and O–H groups in total. The summed E-state index contributed by atoms with van der Waals surface area (Å²) in [6, 6.07) is 18.4. The summed E-state index contributed by atoms with van der Waals surface area (Å²) in [7, 11) is 3.08.